The third kappa shape index (κ3) is 5.37. The lowest BCUT2D eigenvalue weighted by molar-refractivity contribution is -0.131. The third-order valence-corrected chi connectivity index (χ3v) is 5.11. The molecule has 7 nitrogen and oxygen atoms in total. The maximum absolute atomic E-state index is 12.8. The first-order valence-electron chi connectivity index (χ1n) is 9.99. The Hall–Kier alpha value is -3.35. The summed E-state index contributed by atoms with van der Waals surface area (Å²) in [7, 11) is 3.91. The van der Waals surface area contributed by atoms with Gasteiger partial charge in [-0.15, -0.1) is 0 Å². The predicted molar refractivity (Wildman–Crippen MR) is 115 cm³/mol. The number of hydrogen-bond donors (Lipinski definition) is 1. The van der Waals surface area contributed by atoms with E-state index in [9.17, 15) is 14.4 Å². The average Bonchev–Trinajstić information content (AvgIpc) is 2.73. The van der Waals surface area contributed by atoms with Crippen molar-refractivity contribution in [3.05, 3.63) is 59.7 Å². The van der Waals surface area contributed by atoms with E-state index < -0.39 is 5.97 Å². The standard InChI is InChI=1S/C23H27N3O4/c1-16(27)30-21-6-4-5-18(15-21)23(29)26-13-11-19(12-14-26)24-22(28)17-7-9-20(10-8-17)25(2)3/h4-10,15,19H,11-14H2,1-3H3,(H,24,28). The molecule has 0 aromatic heterocycles. The second-order valence-corrected chi connectivity index (χ2v) is 7.60. The highest BCUT2D eigenvalue weighted by Crippen LogP contribution is 2.19. The molecule has 2 amide bonds. The van der Waals surface area contributed by atoms with E-state index in [0.717, 1.165) is 5.69 Å². The Morgan fingerprint density at radius 1 is 1.00 bits per heavy atom. The number of rotatable bonds is 5. The van der Waals surface area contributed by atoms with Gasteiger partial charge in [-0.25, -0.2) is 0 Å². The van der Waals surface area contributed by atoms with Crippen molar-refractivity contribution in [3.63, 3.8) is 0 Å². The number of nitrogens with zero attached hydrogens (tertiary/aromatic N) is 2. The van der Waals surface area contributed by atoms with Gasteiger partial charge in [-0.05, 0) is 55.3 Å². The summed E-state index contributed by atoms with van der Waals surface area (Å²) in [5.41, 5.74) is 2.15. The van der Waals surface area contributed by atoms with Crippen LogP contribution in [0.1, 0.15) is 40.5 Å². The zero-order valence-electron chi connectivity index (χ0n) is 17.6. The summed E-state index contributed by atoms with van der Waals surface area (Å²) < 4.78 is 5.06. The highest BCUT2D eigenvalue weighted by Gasteiger charge is 2.25. The van der Waals surface area contributed by atoms with Crippen molar-refractivity contribution >= 4 is 23.5 Å². The number of piperidine rings is 1. The molecule has 1 aliphatic heterocycles. The van der Waals surface area contributed by atoms with Crippen molar-refractivity contribution in [1.29, 1.82) is 0 Å². The number of likely N-dealkylation sites (tertiary alicyclic amines) is 1. The van der Waals surface area contributed by atoms with Crippen LogP contribution in [0.4, 0.5) is 5.69 Å². The molecular formula is C23H27N3O4. The predicted octanol–water partition coefficient (Wildman–Crippen LogP) is 2.71. The van der Waals surface area contributed by atoms with Gasteiger partial charge in [0.2, 0.25) is 0 Å². The number of hydrogen-bond acceptors (Lipinski definition) is 5. The molecule has 1 fully saturated rings. The van der Waals surface area contributed by atoms with Gasteiger partial charge in [-0.1, -0.05) is 6.07 Å². The summed E-state index contributed by atoms with van der Waals surface area (Å²) in [6.45, 7) is 2.44. The smallest absolute Gasteiger partial charge is 0.308 e. The van der Waals surface area contributed by atoms with E-state index in [1.165, 1.54) is 6.92 Å². The van der Waals surface area contributed by atoms with Crippen molar-refractivity contribution in [2.75, 3.05) is 32.1 Å². The van der Waals surface area contributed by atoms with E-state index in [1.54, 1.807) is 29.2 Å². The molecule has 1 heterocycles. The van der Waals surface area contributed by atoms with Gasteiger partial charge in [0.05, 0.1) is 0 Å². The molecular weight excluding hydrogens is 382 g/mol. The van der Waals surface area contributed by atoms with Crippen LogP contribution in [0.2, 0.25) is 0 Å². The Kier molecular flexibility index (Phi) is 6.72. The molecule has 0 spiro atoms. The number of anilines is 1. The van der Waals surface area contributed by atoms with Crippen molar-refractivity contribution in [1.82, 2.24) is 10.2 Å². The quantitative estimate of drug-likeness (QED) is 0.607. The number of ether oxygens (including phenoxy) is 1. The zero-order chi connectivity index (χ0) is 21.7. The topological polar surface area (TPSA) is 79.0 Å². The Bertz CT molecular complexity index is 916. The summed E-state index contributed by atoms with van der Waals surface area (Å²) in [6.07, 6.45) is 1.38. The van der Waals surface area contributed by atoms with E-state index in [4.69, 9.17) is 4.74 Å². The number of amides is 2. The molecule has 30 heavy (non-hydrogen) atoms. The van der Waals surface area contributed by atoms with Crippen molar-refractivity contribution in [2.24, 2.45) is 0 Å². The van der Waals surface area contributed by atoms with E-state index >= 15 is 0 Å². The van der Waals surface area contributed by atoms with Crippen LogP contribution in [0.15, 0.2) is 48.5 Å². The fourth-order valence-electron chi connectivity index (χ4n) is 3.45. The molecule has 158 valence electrons. The molecule has 3 rings (SSSR count). The lowest BCUT2D eigenvalue weighted by Crippen LogP contribution is -2.46. The Balaban J connectivity index is 1.53. The van der Waals surface area contributed by atoms with Gasteiger partial charge in [0.1, 0.15) is 5.75 Å². The molecule has 0 saturated carbocycles. The molecule has 2 aromatic rings. The Morgan fingerprint density at radius 3 is 2.27 bits per heavy atom. The second-order valence-electron chi connectivity index (χ2n) is 7.60. The van der Waals surface area contributed by atoms with Crippen LogP contribution < -0.4 is 15.0 Å². The SMILES string of the molecule is CC(=O)Oc1cccc(C(=O)N2CCC(NC(=O)c3ccc(N(C)C)cc3)CC2)c1. The molecule has 0 unspecified atom stereocenters. The molecule has 0 bridgehead atoms. The van der Waals surface area contributed by atoms with Crippen LogP contribution in [-0.4, -0.2) is 55.9 Å². The number of carbonyl (C=O) groups excluding carboxylic acids is 3. The number of esters is 1. The number of benzene rings is 2. The van der Waals surface area contributed by atoms with Gasteiger partial charge >= 0.3 is 5.97 Å². The summed E-state index contributed by atoms with van der Waals surface area (Å²) in [6, 6.07) is 14.1. The molecule has 1 saturated heterocycles. The van der Waals surface area contributed by atoms with Crippen molar-refractivity contribution in [2.45, 2.75) is 25.8 Å². The van der Waals surface area contributed by atoms with Gasteiger partial charge in [0.25, 0.3) is 11.8 Å². The van der Waals surface area contributed by atoms with Crippen molar-refractivity contribution in [3.8, 4) is 5.75 Å². The fourth-order valence-corrected chi connectivity index (χ4v) is 3.45. The average molecular weight is 409 g/mol. The minimum atomic E-state index is -0.424. The van der Waals surface area contributed by atoms with E-state index in [1.807, 2.05) is 43.3 Å². The maximum atomic E-state index is 12.8. The Labute approximate surface area is 176 Å². The first-order valence-corrected chi connectivity index (χ1v) is 9.99. The van der Waals surface area contributed by atoms with E-state index in [-0.39, 0.29) is 17.9 Å². The molecule has 0 radical (unpaired) electrons. The minimum Gasteiger partial charge on any atom is -0.427 e. The first kappa shape index (κ1) is 21.4. The van der Waals surface area contributed by atoms with Gasteiger partial charge in [-0.2, -0.15) is 0 Å². The van der Waals surface area contributed by atoms with E-state index in [0.29, 0.717) is 42.8 Å². The van der Waals surface area contributed by atoms with Crippen LogP contribution in [0.25, 0.3) is 0 Å². The molecule has 2 aromatic carbocycles. The van der Waals surface area contributed by atoms with Crippen LogP contribution in [0, 0.1) is 0 Å². The third-order valence-electron chi connectivity index (χ3n) is 5.11. The summed E-state index contributed by atoms with van der Waals surface area (Å²) >= 11 is 0. The maximum Gasteiger partial charge on any atom is 0.308 e. The van der Waals surface area contributed by atoms with Crippen LogP contribution >= 0.6 is 0 Å². The molecule has 0 aliphatic carbocycles. The second kappa shape index (κ2) is 9.43. The molecule has 7 heteroatoms. The van der Waals surface area contributed by atoms with Crippen molar-refractivity contribution < 1.29 is 19.1 Å². The summed E-state index contributed by atoms with van der Waals surface area (Å²) in [5.74, 6) is -0.268. The van der Waals surface area contributed by atoms with Crippen LogP contribution in [0.5, 0.6) is 5.75 Å². The fraction of sp³-hybridized carbons (Fsp3) is 0.348. The Morgan fingerprint density at radius 2 is 1.67 bits per heavy atom. The molecule has 1 aliphatic rings. The van der Waals surface area contributed by atoms with E-state index in [2.05, 4.69) is 5.32 Å². The lowest BCUT2D eigenvalue weighted by atomic mass is 10.0. The normalized spacial score (nSPS) is 14.2. The van der Waals surface area contributed by atoms with Gasteiger partial charge in [0, 0.05) is 57.0 Å². The van der Waals surface area contributed by atoms with Gasteiger partial charge in [0.15, 0.2) is 0 Å². The molecule has 0 atom stereocenters. The minimum absolute atomic E-state index is 0.0301. The monoisotopic (exact) mass is 409 g/mol. The lowest BCUT2D eigenvalue weighted by Gasteiger charge is -2.32. The zero-order valence-corrected chi connectivity index (χ0v) is 17.6. The highest BCUT2D eigenvalue weighted by atomic mass is 16.5. The number of carbonyl (C=O) groups is 3. The number of nitrogens with one attached hydrogen (secondary N) is 1. The summed E-state index contributed by atoms with van der Waals surface area (Å²) in [4.78, 5) is 40.1. The van der Waals surface area contributed by atoms with Gasteiger partial charge in [-0.3, -0.25) is 14.4 Å². The highest BCUT2D eigenvalue weighted by molar-refractivity contribution is 5.95. The first-order chi connectivity index (χ1) is 14.3. The summed E-state index contributed by atoms with van der Waals surface area (Å²) in [5, 5.41) is 3.07. The van der Waals surface area contributed by atoms with Crippen LogP contribution in [0.3, 0.4) is 0 Å². The largest absolute Gasteiger partial charge is 0.427 e. The molecule has 1 N–H and O–H groups in total. The van der Waals surface area contributed by atoms with Gasteiger partial charge < -0.3 is 19.9 Å². The van der Waals surface area contributed by atoms with Crippen LogP contribution in [-0.2, 0) is 4.79 Å².